The van der Waals surface area contributed by atoms with E-state index < -0.39 is 0 Å². The molecule has 94 valence electrons. The topological polar surface area (TPSA) is 9.23 Å². The predicted octanol–water partition coefficient (Wildman–Crippen LogP) is 4.59. The fourth-order valence-corrected chi connectivity index (χ4v) is 3.51. The SMILES string of the molecule is Cc1cc(OCC2CCCSC2)cc(C)c1Br. The Balaban J connectivity index is 1.94. The molecular formula is C14H19BrOS. The molecule has 0 spiro atoms. The zero-order valence-corrected chi connectivity index (χ0v) is 12.9. The number of ether oxygens (including phenoxy) is 1. The molecule has 0 saturated carbocycles. The van der Waals surface area contributed by atoms with E-state index in [4.69, 9.17) is 4.74 Å². The maximum atomic E-state index is 5.93. The van der Waals surface area contributed by atoms with Crippen LogP contribution < -0.4 is 4.74 Å². The summed E-state index contributed by atoms with van der Waals surface area (Å²) >= 11 is 5.64. The van der Waals surface area contributed by atoms with Crippen LogP contribution in [0.3, 0.4) is 0 Å². The highest BCUT2D eigenvalue weighted by atomic mass is 79.9. The second-order valence-corrected chi connectivity index (χ2v) is 6.71. The minimum atomic E-state index is 0.734. The summed E-state index contributed by atoms with van der Waals surface area (Å²) in [4.78, 5) is 0. The van der Waals surface area contributed by atoms with Crippen LogP contribution in [0.1, 0.15) is 24.0 Å². The highest BCUT2D eigenvalue weighted by Gasteiger charge is 2.14. The summed E-state index contributed by atoms with van der Waals surface area (Å²) in [6.45, 7) is 5.09. The number of thioether (sulfide) groups is 1. The van der Waals surface area contributed by atoms with Gasteiger partial charge in [-0.1, -0.05) is 15.9 Å². The molecule has 0 amide bonds. The van der Waals surface area contributed by atoms with Crippen molar-refractivity contribution in [1.82, 2.24) is 0 Å². The molecule has 1 unspecified atom stereocenters. The average molecular weight is 315 g/mol. The first-order chi connectivity index (χ1) is 8.16. The highest BCUT2D eigenvalue weighted by Crippen LogP contribution is 2.28. The summed E-state index contributed by atoms with van der Waals surface area (Å²) < 4.78 is 7.12. The molecule has 1 aromatic carbocycles. The molecule has 1 nitrogen and oxygen atoms in total. The first kappa shape index (κ1) is 13.3. The Bertz CT molecular complexity index is 363. The fourth-order valence-electron chi connectivity index (χ4n) is 2.14. The van der Waals surface area contributed by atoms with Gasteiger partial charge in [0.05, 0.1) is 6.61 Å². The van der Waals surface area contributed by atoms with Crippen molar-refractivity contribution in [1.29, 1.82) is 0 Å². The molecule has 0 bridgehead atoms. The lowest BCUT2D eigenvalue weighted by Gasteiger charge is -2.21. The van der Waals surface area contributed by atoms with E-state index in [1.807, 2.05) is 0 Å². The van der Waals surface area contributed by atoms with Gasteiger partial charge >= 0.3 is 0 Å². The summed E-state index contributed by atoms with van der Waals surface area (Å²) in [6, 6.07) is 4.24. The maximum absolute atomic E-state index is 5.93. The molecule has 1 aliphatic heterocycles. The van der Waals surface area contributed by atoms with Crippen molar-refractivity contribution in [3.8, 4) is 5.75 Å². The van der Waals surface area contributed by atoms with E-state index in [0.717, 1.165) is 18.3 Å². The number of rotatable bonds is 3. The smallest absolute Gasteiger partial charge is 0.119 e. The molecule has 0 aliphatic carbocycles. The molecule has 17 heavy (non-hydrogen) atoms. The van der Waals surface area contributed by atoms with Crippen molar-refractivity contribution in [3.63, 3.8) is 0 Å². The Morgan fingerprint density at radius 1 is 1.35 bits per heavy atom. The van der Waals surface area contributed by atoms with E-state index in [9.17, 15) is 0 Å². The molecular weight excluding hydrogens is 296 g/mol. The maximum Gasteiger partial charge on any atom is 0.119 e. The van der Waals surface area contributed by atoms with Crippen molar-refractivity contribution < 1.29 is 4.74 Å². The molecule has 0 radical (unpaired) electrons. The van der Waals surface area contributed by atoms with E-state index in [1.54, 1.807) is 0 Å². The molecule has 0 aromatic heterocycles. The minimum Gasteiger partial charge on any atom is -0.493 e. The molecule has 1 atom stereocenters. The van der Waals surface area contributed by atoms with Crippen molar-refractivity contribution >= 4 is 27.7 Å². The van der Waals surface area contributed by atoms with Gasteiger partial charge in [0.2, 0.25) is 0 Å². The highest BCUT2D eigenvalue weighted by molar-refractivity contribution is 9.10. The number of aryl methyl sites for hydroxylation is 2. The number of halogens is 1. The Morgan fingerprint density at radius 3 is 2.65 bits per heavy atom. The van der Waals surface area contributed by atoms with Gasteiger partial charge < -0.3 is 4.74 Å². The van der Waals surface area contributed by atoms with Crippen LogP contribution in [0.4, 0.5) is 0 Å². The van der Waals surface area contributed by atoms with E-state index in [-0.39, 0.29) is 0 Å². The normalized spacial score (nSPS) is 20.3. The lowest BCUT2D eigenvalue weighted by Crippen LogP contribution is -2.18. The third-order valence-corrected chi connectivity index (χ3v) is 5.69. The van der Waals surface area contributed by atoms with Gasteiger partial charge in [-0.2, -0.15) is 11.8 Å². The summed E-state index contributed by atoms with van der Waals surface area (Å²) in [7, 11) is 0. The largest absolute Gasteiger partial charge is 0.493 e. The first-order valence-corrected chi connectivity index (χ1v) is 8.09. The Kier molecular flexibility index (Phi) is 4.80. The van der Waals surface area contributed by atoms with Gasteiger partial charge in [0.1, 0.15) is 5.75 Å². The Hall–Kier alpha value is -0.150. The third kappa shape index (κ3) is 3.65. The molecule has 1 aromatic rings. The van der Waals surface area contributed by atoms with Crippen molar-refractivity contribution in [2.45, 2.75) is 26.7 Å². The average Bonchev–Trinajstić information content (AvgIpc) is 2.34. The summed E-state index contributed by atoms with van der Waals surface area (Å²) in [6.07, 6.45) is 2.67. The second kappa shape index (κ2) is 6.14. The van der Waals surface area contributed by atoms with Gasteiger partial charge in [-0.25, -0.2) is 0 Å². The van der Waals surface area contributed by atoms with Crippen LogP contribution in [0, 0.1) is 19.8 Å². The first-order valence-electron chi connectivity index (χ1n) is 6.14. The van der Waals surface area contributed by atoms with Crippen LogP contribution in [0.25, 0.3) is 0 Å². The number of benzene rings is 1. The van der Waals surface area contributed by atoms with E-state index >= 15 is 0 Å². The third-order valence-electron chi connectivity index (χ3n) is 3.15. The molecule has 3 heteroatoms. The lowest BCUT2D eigenvalue weighted by atomic mass is 10.1. The lowest BCUT2D eigenvalue weighted by molar-refractivity contribution is 0.252. The zero-order valence-electron chi connectivity index (χ0n) is 10.5. The standard InChI is InChI=1S/C14H19BrOS/c1-10-6-13(7-11(2)14(10)15)16-8-12-4-3-5-17-9-12/h6-7,12H,3-5,8-9H2,1-2H3. The Morgan fingerprint density at radius 2 is 2.06 bits per heavy atom. The van der Waals surface area contributed by atoms with Crippen LogP contribution in [0.2, 0.25) is 0 Å². The van der Waals surface area contributed by atoms with Crippen LogP contribution >= 0.6 is 27.7 Å². The fraction of sp³-hybridized carbons (Fsp3) is 0.571. The van der Waals surface area contributed by atoms with Crippen LogP contribution in [0.5, 0.6) is 5.75 Å². The van der Waals surface area contributed by atoms with Crippen molar-refractivity contribution in [2.24, 2.45) is 5.92 Å². The molecule has 1 heterocycles. The van der Waals surface area contributed by atoms with Crippen LogP contribution in [0.15, 0.2) is 16.6 Å². The summed E-state index contributed by atoms with van der Waals surface area (Å²) in [5.41, 5.74) is 2.50. The van der Waals surface area contributed by atoms with E-state index in [0.29, 0.717) is 0 Å². The summed E-state index contributed by atoms with van der Waals surface area (Å²) in [5, 5.41) is 0. The molecule has 1 fully saturated rings. The van der Waals surface area contributed by atoms with Gasteiger partial charge in [0.25, 0.3) is 0 Å². The Labute approximate surface area is 116 Å². The van der Waals surface area contributed by atoms with Gasteiger partial charge in [0, 0.05) is 10.4 Å². The monoisotopic (exact) mass is 314 g/mol. The van der Waals surface area contributed by atoms with Gasteiger partial charge in [-0.15, -0.1) is 0 Å². The van der Waals surface area contributed by atoms with Gasteiger partial charge in [-0.05, 0) is 61.5 Å². The molecule has 1 saturated heterocycles. The van der Waals surface area contributed by atoms with Crippen molar-refractivity contribution in [2.75, 3.05) is 18.1 Å². The second-order valence-electron chi connectivity index (χ2n) is 4.77. The molecule has 0 N–H and O–H groups in total. The zero-order chi connectivity index (χ0) is 12.3. The van der Waals surface area contributed by atoms with E-state index in [1.165, 1.54) is 39.9 Å². The van der Waals surface area contributed by atoms with E-state index in [2.05, 4.69) is 53.7 Å². The predicted molar refractivity (Wildman–Crippen MR) is 79.2 cm³/mol. The number of hydrogen-bond acceptors (Lipinski definition) is 2. The summed E-state index contributed by atoms with van der Waals surface area (Å²) in [5.74, 6) is 4.33. The van der Waals surface area contributed by atoms with Crippen LogP contribution in [-0.4, -0.2) is 18.1 Å². The van der Waals surface area contributed by atoms with Gasteiger partial charge in [-0.3, -0.25) is 0 Å². The van der Waals surface area contributed by atoms with Gasteiger partial charge in [0.15, 0.2) is 0 Å². The number of hydrogen-bond donors (Lipinski definition) is 0. The minimum absolute atomic E-state index is 0.734. The molecule has 2 rings (SSSR count). The van der Waals surface area contributed by atoms with Crippen molar-refractivity contribution in [3.05, 3.63) is 27.7 Å². The molecule has 1 aliphatic rings. The quantitative estimate of drug-likeness (QED) is 0.807. The van der Waals surface area contributed by atoms with Crippen LogP contribution in [-0.2, 0) is 0 Å².